The Hall–Kier alpha value is -1.97. The third kappa shape index (κ3) is 9.80. The van der Waals surface area contributed by atoms with Crippen molar-refractivity contribution in [1.29, 1.82) is 0 Å². The van der Waals surface area contributed by atoms with E-state index in [2.05, 4.69) is 45.9 Å². The van der Waals surface area contributed by atoms with Crippen LogP contribution in [0.4, 0.5) is 0 Å². The van der Waals surface area contributed by atoms with Gasteiger partial charge in [-0.05, 0) is 87.1 Å². The number of carbonyl (C=O) groups is 1. The van der Waals surface area contributed by atoms with Gasteiger partial charge >= 0.3 is 5.97 Å². The van der Waals surface area contributed by atoms with Crippen LogP contribution in [0, 0.1) is 11.8 Å². The Bertz CT molecular complexity index is 709. The lowest BCUT2D eigenvalue weighted by atomic mass is 9.91. The predicted molar refractivity (Wildman–Crippen MR) is 127 cm³/mol. The predicted octanol–water partition coefficient (Wildman–Crippen LogP) is 7.20. The summed E-state index contributed by atoms with van der Waals surface area (Å²) in [6.45, 7) is 9.73. The maximum atomic E-state index is 10.5. The largest absolute Gasteiger partial charge is 0.494 e. The Morgan fingerprint density at radius 1 is 1.19 bits per heavy atom. The summed E-state index contributed by atoms with van der Waals surface area (Å²) in [5.41, 5.74) is 0.966. The van der Waals surface area contributed by atoms with E-state index >= 15 is 0 Å². The number of hydrogen-bond acceptors (Lipinski definition) is 3. The third-order valence-electron chi connectivity index (χ3n) is 6.06. The molecule has 4 nitrogen and oxygen atoms in total. The van der Waals surface area contributed by atoms with Crippen molar-refractivity contribution >= 4 is 5.97 Å². The molecule has 1 aromatic carbocycles. The number of unbranched alkanes of at least 4 members (excludes halogenated alkanes) is 2. The Labute approximate surface area is 189 Å². The number of hydrogen-bond donors (Lipinski definition) is 1. The average molecular weight is 431 g/mol. The molecule has 0 aliphatic carbocycles. The van der Waals surface area contributed by atoms with Gasteiger partial charge in [-0.25, -0.2) is 0 Å². The Morgan fingerprint density at radius 3 is 2.74 bits per heavy atom. The molecular formula is C27H42O4. The Morgan fingerprint density at radius 2 is 2.00 bits per heavy atom. The maximum Gasteiger partial charge on any atom is 0.303 e. The van der Waals surface area contributed by atoms with E-state index in [-0.39, 0.29) is 12.0 Å². The molecule has 0 aromatic heterocycles. The van der Waals surface area contributed by atoms with Crippen LogP contribution in [0.3, 0.4) is 0 Å². The van der Waals surface area contributed by atoms with Crippen LogP contribution in [0.2, 0.25) is 0 Å². The smallest absolute Gasteiger partial charge is 0.303 e. The Balaban J connectivity index is 1.76. The summed E-state index contributed by atoms with van der Waals surface area (Å²) >= 11 is 0. The highest BCUT2D eigenvalue weighted by atomic mass is 16.5. The molecule has 174 valence electrons. The summed E-state index contributed by atoms with van der Waals surface area (Å²) in [4.78, 5) is 10.5. The number of aliphatic carboxylic acids is 1. The van der Waals surface area contributed by atoms with Crippen molar-refractivity contribution in [1.82, 2.24) is 0 Å². The molecule has 2 rings (SSSR count). The van der Waals surface area contributed by atoms with Crippen LogP contribution in [-0.4, -0.2) is 23.3 Å². The van der Waals surface area contributed by atoms with Gasteiger partial charge in [-0.2, -0.15) is 0 Å². The maximum absolute atomic E-state index is 10.5. The van der Waals surface area contributed by atoms with Crippen LogP contribution in [-0.2, 0) is 11.2 Å². The number of allylic oxidation sites excluding steroid dienone is 1. The fourth-order valence-corrected chi connectivity index (χ4v) is 4.03. The van der Waals surface area contributed by atoms with E-state index in [4.69, 9.17) is 14.6 Å². The van der Waals surface area contributed by atoms with E-state index < -0.39 is 5.97 Å². The van der Waals surface area contributed by atoms with Crippen LogP contribution in [0.25, 0.3) is 0 Å². The van der Waals surface area contributed by atoms with Gasteiger partial charge in [0.05, 0.1) is 6.61 Å². The van der Waals surface area contributed by atoms with Crippen molar-refractivity contribution in [2.24, 2.45) is 11.8 Å². The summed E-state index contributed by atoms with van der Waals surface area (Å²) < 4.78 is 12.2. The second-order valence-electron chi connectivity index (χ2n) is 9.81. The van der Waals surface area contributed by atoms with Gasteiger partial charge in [0.25, 0.3) is 0 Å². The molecule has 2 atom stereocenters. The fourth-order valence-electron chi connectivity index (χ4n) is 4.03. The quantitative estimate of drug-likeness (QED) is 0.250. The first-order valence-corrected chi connectivity index (χ1v) is 12.1. The average Bonchev–Trinajstić information content (AvgIpc) is 2.70. The number of rotatable bonds is 14. The lowest BCUT2D eigenvalue weighted by Crippen LogP contribution is -2.34. The molecule has 1 aromatic rings. The summed E-state index contributed by atoms with van der Waals surface area (Å²) in [7, 11) is 0. The van der Waals surface area contributed by atoms with E-state index in [9.17, 15) is 4.79 Å². The highest BCUT2D eigenvalue weighted by Gasteiger charge is 2.29. The van der Waals surface area contributed by atoms with Crippen LogP contribution >= 0.6 is 0 Å². The summed E-state index contributed by atoms with van der Waals surface area (Å²) in [6, 6.07) is 6.09. The number of ether oxygens (including phenoxy) is 2. The first kappa shape index (κ1) is 25.3. The standard InChI is InChI=1S/C27H42O4/c1-21(2)10-8-11-22(3)12-9-17-27(4)18-16-23-20-24(14-15-25(23)31-27)30-19-7-5-6-13-26(28)29/h9,14-15,17,20-22H,5-8,10-13,16,18-19H2,1-4H3,(H,28,29)/b17-9+. The molecule has 1 aliphatic rings. The number of fused-ring (bicyclic) bond motifs is 1. The summed E-state index contributed by atoms with van der Waals surface area (Å²) in [5, 5.41) is 8.67. The molecule has 1 heterocycles. The molecule has 0 radical (unpaired) electrons. The monoisotopic (exact) mass is 430 g/mol. The van der Waals surface area contributed by atoms with E-state index in [1.165, 1.54) is 24.8 Å². The molecule has 2 unspecified atom stereocenters. The highest BCUT2D eigenvalue weighted by Crippen LogP contribution is 2.36. The van der Waals surface area contributed by atoms with Gasteiger partial charge in [0.1, 0.15) is 17.1 Å². The highest BCUT2D eigenvalue weighted by molar-refractivity contribution is 5.66. The van der Waals surface area contributed by atoms with Crippen LogP contribution in [0.1, 0.15) is 91.0 Å². The van der Waals surface area contributed by atoms with Gasteiger partial charge in [-0.15, -0.1) is 0 Å². The molecule has 0 bridgehead atoms. The van der Waals surface area contributed by atoms with Gasteiger partial charge in [0.2, 0.25) is 0 Å². The lowest BCUT2D eigenvalue weighted by molar-refractivity contribution is -0.137. The first-order valence-electron chi connectivity index (χ1n) is 12.1. The van der Waals surface area contributed by atoms with E-state index in [0.717, 1.165) is 55.4 Å². The fraction of sp³-hybridized carbons (Fsp3) is 0.667. The van der Waals surface area contributed by atoms with E-state index in [1.807, 2.05) is 12.1 Å². The number of benzene rings is 1. The topological polar surface area (TPSA) is 55.8 Å². The second-order valence-corrected chi connectivity index (χ2v) is 9.81. The van der Waals surface area contributed by atoms with Gasteiger partial charge < -0.3 is 14.6 Å². The van der Waals surface area contributed by atoms with Crippen molar-refractivity contribution in [2.75, 3.05) is 6.61 Å². The molecule has 0 amide bonds. The van der Waals surface area contributed by atoms with Crippen molar-refractivity contribution in [3.8, 4) is 11.5 Å². The molecule has 0 fully saturated rings. The summed E-state index contributed by atoms with van der Waals surface area (Å²) in [6.07, 6.45) is 14.3. The van der Waals surface area contributed by atoms with Crippen LogP contribution in [0.5, 0.6) is 11.5 Å². The van der Waals surface area contributed by atoms with Gasteiger partial charge in [0.15, 0.2) is 0 Å². The number of carboxylic acid groups (broad SMARTS) is 1. The third-order valence-corrected chi connectivity index (χ3v) is 6.06. The minimum absolute atomic E-state index is 0.237. The first-order chi connectivity index (χ1) is 14.8. The van der Waals surface area contributed by atoms with Crippen LogP contribution in [0.15, 0.2) is 30.4 Å². The zero-order valence-electron chi connectivity index (χ0n) is 20.0. The van der Waals surface area contributed by atoms with Gasteiger partial charge in [-0.1, -0.05) is 46.1 Å². The molecule has 1 aliphatic heterocycles. The van der Waals surface area contributed by atoms with E-state index in [1.54, 1.807) is 0 Å². The SMILES string of the molecule is CC(C)CCCC(C)C/C=C/C1(C)CCc2cc(OCCCCCC(=O)O)ccc2O1. The lowest BCUT2D eigenvalue weighted by Gasteiger charge is -2.33. The van der Waals surface area contributed by atoms with Crippen molar-refractivity contribution in [3.05, 3.63) is 35.9 Å². The van der Waals surface area contributed by atoms with Gasteiger partial charge in [-0.3, -0.25) is 4.79 Å². The van der Waals surface area contributed by atoms with Crippen molar-refractivity contribution < 1.29 is 19.4 Å². The number of aryl methyl sites for hydroxylation is 1. The molecule has 0 spiro atoms. The summed E-state index contributed by atoms with van der Waals surface area (Å²) in [5.74, 6) is 2.62. The number of carboxylic acids is 1. The van der Waals surface area contributed by atoms with Crippen LogP contribution < -0.4 is 9.47 Å². The van der Waals surface area contributed by atoms with E-state index in [0.29, 0.717) is 13.0 Å². The molecule has 31 heavy (non-hydrogen) atoms. The van der Waals surface area contributed by atoms with Crippen molar-refractivity contribution in [2.45, 2.75) is 97.5 Å². The normalized spacial score (nSPS) is 19.3. The molecular weight excluding hydrogens is 388 g/mol. The van der Waals surface area contributed by atoms with Gasteiger partial charge in [0, 0.05) is 6.42 Å². The zero-order chi connectivity index (χ0) is 22.7. The molecule has 1 N–H and O–H groups in total. The minimum Gasteiger partial charge on any atom is -0.494 e. The molecule has 0 saturated heterocycles. The minimum atomic E-state index is -0.728. The van der Waals surface area contributed by atoms with Crippen molar-refractivity contribution in [3.63, 3.8) is 0 Å². The second kappa shape index (κ2) is 12.8. The molecule has 4 heteroatoms. The molecule has 0 saturated carbocycles. The zero-order valence-corrected chi connectivity index (χ0v) is 20.0. The Kier molecular flexibility index (Phi) is 10.4.